The van der Waals surface area contributed by atoms with Crippen molar-refractivity contribution in [3.8, 4) is 17.2 Å². The second-order valence-electron chi connectivity index (χ2n) is 6.62. The molecule has 0 bridgehead atoms. The molecule has 0 unspecified atom stereocenters. The van der Waals surface area contributed by atoms with Gasteiger partial charge in [0.15, 0.2) is 11.5 Å². The van der Waals surface area contributed by atoms with Crippen LogP contribution in [0.2, 0.25) is 0 Å². The number of methoxy groups -OCH3 is 1. The van der Waals surface area contributed by atoms with Gasteiger partial charge in [0, 0.05) is 10.5 Å². The molecule has 2 aromatic rings. The average molecular weight is 434 g/mol. The topological polar surface area (TPSA) is 56.8 Å². The lowest BCUT2D eigenvalue weighted by molar-refractivity contribution is -0.121. The van der Waals surface area contributed by atoms with Gasteiger partial charge >= 0.3 is 0 Å². The van der Waals surface area contributed by atoms with Crippen molar-refractivity contribution in [2.24, 2.45) is 0 Å². The first kappa shape index (κ1) is 19.5. The van der Waals surface area contributed by atoms with Crippen LogP contribution >= 0.6 is 15.9 Å². The number of hydrogen-bond acceptors (Lipinski definition) is 4. The highest BCUT2D eigenvalue weighted by Crippen LogP contribution is 2.35. The number of aryl methyl sites for hydroxylation is 1. The van der Waals surface area contributed by atoms with Crippen molar-refractivity contribution in [3.05, 3.63) is 52.0 Å². The van der Waals surface area contributed by atoms with E-state index in [0.717, 1.165) is 28.6 Å². The van der Waals surface area contributed by atoms with Crippen LogP contribution in [-0.4, -0.2) is 32.3 Å². The molecule has 27 heavy (non-hydrogen) atoms. The van der Waals surface area contributed by atoms with Crippen LogP contribution in [0.5, 0.6) is 17.2 Å². The van der Waals surface area contributed by atoms with Crippen LogP contribution in [0.4, 0.5) is 0 Å². The molecule has 0 radical (unpaired) electrons. The lowest BCUT2D eigenvalue weighted by Crippen LogP contribution is -2.34. The molecule has 0 spiro atoms. The third kappa shape index (κ3) is 5.39. The number of ether oxygens (including phenoxy) is 3. The highest BCUT2D eigenvalue weighted by Gasteiger charge is 2.17. The normalized spacial score (nSPS) is 13.7. The van der Waals surface area contributed by atoms with Gasteiger partial charge in [-0.2, -0.15) is 0 Å². The highest BCUT2D eigenvalue weighted by molar-refractivity contribution is 9.10. The molecule has 1 amide bonds. The van der Waals surface area contributed by atoms with Gasteiger partial charge < -0.3 is 19.5 Å². The molecule has 1 atom stereocenters. The Labute approximate surface area is 168 Å². The number of amides is 1. The Morgan fingerprint density at radius 2 is 1.85 bits per heavy atom. The van der Waals surface area contributed by atoms with Crippen LogP contribution in [0, 0.1) is 0 Å². The molecule has 1 aliphatic rings. The summed E-state index contributed by atoms with van der Waals surface area (Å²) < 4.78 is 17.2. The Morgan fingerprint density at radius 1 is 1.19 bits per heavy atom. The van der Waals surface area contributed by atoms with E-state index in [4.69, 9.17) is 14.2 Å². The zero-order valence-corrected chi connectivity index (χ0v) is 17.2. The largest absolute Gasteiger partial charge is 0.497 e. The van der Waals surface area contributed by atoms with Crippen molar-refractivity contribution in [2.75, 3.05) is 20.3 Å². The monoisotopic (exact) mass is 433 g/mol. The number of halogens is 1. The Kier molecular flexibility index (Phi) is 6.61. The zero-order valence-electron chi connectivity index (χ0n) is 15.6. The Hall–Kier alpha value is -2.21. The molecule has 6 heteroatoms. The molecule has 144 valence electrons. The molecule has 0 aromatic heterocycles. The van der Waals surface area contributed by atoms with Gasteiger partial charge in [-0.1, -0.05) is 28.1 Å². The minimum absolute atomic E-state index is 0.00499. The third-order valence-electron chi connectivity index (χ3n) is 4.49. The Morgan fingerprint density at radius 3 is 2.52 bits per heavy atom. The molecular formula is C21H24BrNO4. The third-order valence-corrected chi connectivity index (χ3v) is 5.23. The van der Waals surface area contributed by atoms with E-state index in [0.29, 0.717) is 31.1 Å². The molecular weight excluding hydrogens is 410 g/mol. The Bertz CT molecular complexity index is 792. The summed E-state index contributed by atoms with van der Waals surface area (Å²) in [5, 5.41) is 3.07. The zero-order chi connectivity index (χ0) is 19.2. The maximum atomic E-state index is 12.4. The maximum Gasteiger partial charge on any atom is 0.224 e. The lowest BCUT2D eigenvalue weighted by atomic mass is 10.1. The van der Waals surface area contributed by atoms with E-state index >= 15 is 0 Å². The first-order valence-electron chi connectivity index (χ1n) is 9.05. The quantitative estimate of drug-likeness (QED) is 0.718. The van der Waals surface area contributed by atoms with E-state index in [1.807, 2.05) is 31.2 Å². The molecule has 1 heterocycles. The average Bonchev–Trinajstić information content (AvgIpc) is 2.67. The second kappa shape index (κ2) is 9.13. The smallest absolute Gasteiger partial charge is 0.224 e. The van der Waals surface area contributed by atoms with Gasteiger partial charge in [-0.15, -0.1) is 0 Å². The summed E-state index contributed by atoms with van der Waals surface area (Å²) in [4.78, 5) is 12.4. The number of nitrogens with one attached hydrogen (secondary N) is 1. The van der Waals surface area contributed by atoms with Gasteiger partial charge in [-0.25, -0.2) is 0 Å². The lowest BCUT2D eigenvalue weighted by Gasteiger charge is -2.20. The summed E-state index contributed by atoms with van der Waals surface area (Å²) in [6.45, 7) is 3.11. The van der Waals surface area contributed by atoms with Crippen molar-refractivity contribution >= 4 is 21.8 Å². The molecule has 3 rings (SSSR count). The fraction of sp³-hybridized carbons (Fsp3) is 0.381. The number of carbonyl (C=O) groups is 1. The van der Waals surface area contributed by atoms with Crippen molar-refractivity contribution in [2.45, 2.75) is 32.2 Å². The predicted molar refractivity (Wildman–Crippen MR) is 108 cm³/mol. The number of benzene rings is 2. The minimum Gasteiger partial charge on any atom is -0.497 e. The second-order valence-corrected chi connectivity index (χ2v) is 7.47. The summed E-state index contributed by atoms with van der Waals surface area (Å²) in [5.41, 5.74) is 2.12. The van der Waals surface area contributed by atoms with Crippen LogP contribution in [0.1, 0.15) is 24.5 Å². The van der Waals surface area contributed by atoms with Gasteiger partial charge in [0.25, 0.3) is 0 Å². The molecule has 1 aliphatic heterocycles. The summed E-state index contributed by atoms with van der Waals surface area (Å²) in [6.07, 6.45) is 2.07. The van der Waals surface area contributed by atoms with Crippen LogP contribution in [-0.2, 0) is 17.6 Å². The molecule has 0 saturated carbocycles. The van der Waals surface area contributed by atoms with E-state index in [2.05, 4.69) is 33.4 Å². The number of hydrogen-bond donors (Lipinski definition) is 1. The van der Waals surface area contributed by atoms with Crippen molar-refractivity contribution in [1.82, 2.24) is 5.32 Å². The van der Waals surface area contributed by atoms with Crippen molar-refractivity contribution in [1.29, 1.82) is 0 Å². The first-order chi connectivity index (χ1) is 13.0. The number of carbonyl (C=O) groups excluding carboxylic acids is 1. The number of rotatable bonds is 7. The summed E-state index contributed by atoms with van der Waals surface area (Å²) in [5.74, 6) is 2.25. The van der Waals surface area contributed by atoms with E-state index in [-0.39, 0.29) is 11.9 Å². The fourth-order valence-corrected chi connectivity index (χ4v) is 3.45. The van der Waals surface area contributed by atoms with Gasteiger partial charge in [0.2, 0.25) is 5.91 Å². The number of fused-ring (bicyclic) bond motifs is 1. The van der Waals surface area contributed by atoms with Crippen molar-refractivity contribution in [3.63, 3.8) is 0 Å². The molecule has 0 fully saturated rings. The van der Waals surface area contributed by atoms with Crippen LogP contribution < -0.4 is 19.5 Å². The van der Waals surface area contributed by atoms with Gasteiger partial charge in [0.1, 0.15) is 19.0 Å². The highest BCUT2D eigenvalue weighted by atomic mass is 79.9. The molecule has 2 aromatic carbocycles. The van der Waals surface area contributed by atoms with E-state index in [1.54, 1.807) is 7.11 Å². The van der Waals surface area contributed by atoms with Crippen molar-refractivity contribution < 1.29 is 19.0 Å². The Balaban J connectivity index is 1.51. The van der Waals surface area contributed by atoms with Gasteiger partial charge in [-0.3, -0.25) is 4.79 Å². The summed E-state index contributed by atoms with van der Waals surface area (Å²) in [6, 6.07) is 11.9. The molecule has 1 N–H and O–H groups in total. The predicted octanol–water partition coefficient (Wildman–Crippen LogP) is 3.91. The van der Waals surface area contributed by atoms with E-state index < -0.39 is 0 Å². The van der Waals surface area contributed by atoms with Gasteiger partial charge in [-0.05, 0) is 55.2 Å². The summed E-state index contributed by atoms with van der Waals surface area (Å²) >= 11 is 3.52. The SMILES string of the molecule is COc1ccc(CC[C@H](C)NC(=O)Cc2cc3c(cc2Br)OCCO3)cc1. The fourth-order valence-electron chi connectivity index (χ4n) is 2.99. The summed E-state index contributed by atoms with van der Waals surface area (Å²) in [7, 11) is 1.66. The van der Waals surface area contributed by atoms with Crippen LogP contribution in [0.25, 0.3) is 0 Å². The van der Waals surface area contributed by atoms with E-state index in [1.165, 1.54) is 5.56 Å². The first-order valence-corrected chi connectivity index (χ1v) is 9.85. The maximum absolute atomic E-state index is 12.4. The molecule has 0 saturated heterocycles. The standard InChI is InChI=1S/C21H24BrNO4/c1-14(3-4-15-5-7-17(25-2)8-6-15)23-21(24)12-16-11-19-20(13-18(16)22)27-10-9-26-19/h5-8,11,13-14H,3-4,9-10,12H2,1-2H3,(H,23,24)/t14-/m0/s1. The van der Waals surface area contributed by atoms with E-state index in [9.17, 15) is 4.79 Å². The molecule has 0 aliphatic carbocycles. The molecule has 5 nitrogen and oxygen atoms in total. The van der Waals surface area contributed by atoms with Crippen LogP contribution in [0.15, 0.2) is 40.9 Å². The van der Waals surface area contributed by atoms with Crippen LogP contribution in [0.3, 0.4) is 0 Å². The van der Waals surface area contributed by atoms with Gasteiger partial charge in [0.05, 0.1) is 13.5 Å². The minimum atomic E-state index is -0.00499.